The molecule has 144 valence electrons. The normalized spacial score (nSPS) is 19.2. The second-order valence-electron chi connectivity index (χ2n) is 7.89. The third-order valence-electron chi connectivity index (χ3n) is 6.08. The zero-order chi connectivity index (χ0) is 20.0. The fraction of sp³-hybridized carbons (Fsp3) is 0.192. The molecule has 0 spiro atoms. The molecule has 0 amide bonds. The molecule has 0 saturated heterocycles. The summed E-state index contributed by atoms with van der Waals surface area (Å²) in [4.78, 5) is 15.5. The molecule has 2 heterocycles. The van der Waals surface area contributed by atoms with Crippen LogP contribution in [0.15, 0.2) is 88.1 Å². The number of likely N-dealkylation sites (N-methyl/N-ethyl adjacent to an activating group) is 1. The van der Waals surface area contributed by atoms with Crippen LogP contribution in [0.1, 0.15) is 39.9 Å². The first-order valence-electron chi connectivity index (χ1n) is 10.0. The van der Waals surface area contributed by atoms with Crippen molar-refractivity contribution in [3.8, 4) is 0 Å². The topological polar surface area (TPSA) is 33.5 Å². The maximum absolute atomic E-state index is 13.2. The number of aryl methyl sites for hydroxylation is 1. The van der Waals surface area contributed by atoms with E-state index in [1.807, 2.05) is 37.3 Å². The molecule has 2 unspecified atom stereocenters. The van der Waals surface area contributed by atoms with Gasteiger partial charge in [-0.3, -0.25) is 4.90 Å². The van der Waals surface area contributed by atoms with Crippen LogP contribution >= 0.6 is 0 Å². The number of nitrogens with zero attached hydrogens (tertiary/aromatic N) is 1. The minimum atomic E-state index is -0.231. The lowest BCUT2D eigenvalue weighted by Gasteiger charge is -2.41. The van der Waals surface area contributed by atoms with Crippen LogP contribution in [0, 0.1) is 6.92 Å². The summed E-state index contributed by atoms with van der Waals surface area (Å²) in [5.74, 6) is 0. The van der Waals surface area contributed by atoms with Crippen LogP contribution < -0.4 is 5.63 Å². The van der Waals surface area contributed by atoms with Gasteiger partial charge in [0, 0.05) is 11.4 Å². The summed E-state index contributed by atoms with van der Waals surface area (Å²) < 4.78 is 5.80. The summed E-state index contributed by atoms with van der Waals surface area (Å²) in [5.41, 5.74) is 5.78. The van der Waals surface area contributed by atoms with Crippen molar-refractivity contribution in [1.82, 2.24) is 4.90 Å². The molecule has 1 aromatic heterocycles. The minimum Gasteiger partial charge on any atom is -0.422 e. The molecule has 0 N–H and O–H groups in total. The Morgan fingerprint density at radius 1 is 0.897 bits per heavy atom. The Morgan fingerprint density at radius 3 is 2.24 bits per heavy atom. The van der Waals surface area contributed by atoms with Crippen molar-refractivity contribution in [3.05, 3.63) is 117 Å². The molecule has 0 saturated carbocycles. The van der Waals surface area contributed by atoms with Crippen molar-refractivity contribution >= 4 is 11.0 Å². The van der Waals surface area contributed by atoms with Gasteiger partial charge < -0.3 is 4.42 Å². The third kappa shape index (κ3) is 2.99. The molecule has 3 nitrogen and oxygen atoms in total. The first-order chi connectivity index (χ1) is 14.1. The molecule has 0 bridgehead atoms. The predicted molar refractivity (Wildman–Crippen MR) is 116 cm³/mol. The lowest BCUT2D eigenvalue weighted by molar-refractivity contribution is 0.177. The van der Waals surface area contributed by atoms with E-state index in [9.17, 15) is 4.79 Å². The van der Waals surface area contributed by atoms with Gasteiger partial charge in [0.15, 0.2) is 0 Å². The molecule has 0 radical (unpaired) electrons. The quantitative estimate of drug-likeness (QED) is 0.435. The maximum atomic E-state index is 13.2. The highest BCUT2D eigenvalue weighted by atomic mass is 16.4. The van der Waals surface area contributed by atoms with Gasteiger partial charge in [0.2, 0.25) is 0 Å². The molecule has 1 aliphatic heterocycles. The zero-order valence-electron chi connectivity index (χ0n) is 16.6. The summed E-state index contributed by atoms with van der Waals surface area (Å²) in [6.45, 7) is 2.02. The van der Waals surface area contributed by atoms with Gasteiger partial charge in [-0.15, -0.1) is 0 Å². The Morgan fingerprint density at radius 2 is 1.55 bits per heavy atom. The van der Waals surface area contributed by atoms with Crippen LogP contribution in [0.25, 0.3) is 11.0 Å². The fourth-order valence-corrected chi connectivity index (χ4v) is 4.67. The predicted octanol–water partition coefficient (Wildman–Crippen LogP) is 5.42. The standard InChI is InChI=1S/C26H23NO2/c1-17-13-14-20-21-16-22(18-9-5-3-6-10-18)27(2)25(19-11-7-4-8-12-19)24(21)26(28)29-23(20)15-17/h3-15,22,25H,16H2,1-2H3. The molecule has 4 aromatic rings. The van der Waals surface area contributed by atoms with Crippen LogP contribution in [0.3, 0.4) is 0 Å². The fourth-order valence-electron chi connectivity index (χ4n) is 4.67. The lowest BCUT2D eigenvalue weighted by Crippen LogP contribution is -2.39. The lowest BCUT2D eigenvalue weighted by atomic mass is 9.82. The zero-order valence-corrected chi connectivity index (χ0v) is 16.6. The van der Waals surface area contributed by atoms with Gasteiger partial charge in [0.1, 0.15) is 5.58 Å². The molecule has 1 aliphatic rings. The van der Waals surface area contributed by atoms with E-state index in [1.165, 1.54) is 5.56 Å². The molecule has 2 atom stereocenters. The minimum absolute atomic E-state index is 0.146. The highest BCUT2D eigenvalue weighted by Gasteiger charge is 2.37. The summed E-state index contributed by atoms with van der Waals surface area (Å²) in [6, 6.07) is 27.0. The highest BCUT2D eigenvalue weighted by molar-refractivity contribution is 5.82. The monoisotopic (exact) mass is 381 g/mol. The smallest absolute Gasteiger partial charge is 0.341 e. The van der Waals surface area contributed by atoms with Crippen molar-refractivity contribution in [2.45, 2.75) is 25.4 Å². The van der Waals surface area contributed by atoms with E-state index in [0.717, 1.165) is 34.1 Å². The van der Waals surface area contributed by atoms with Crippen molar-refractivity contribution in [1.29, 1.82) is 0 Å². The van der Waals surface area contributed by atoms with Crippen molar-refractivity contribution in [2.24, 2.45) is 0 Å². The van der Waals surface area contributed by atoms with E-state index in [-0.39, 0.29) is 17.7 Å². The van der Waals surface area contributed by atoms with Gasteiger partial charge in [0.05, 0.1) is 11.6 Å². The van der Waals surface area contributed by atoms with E-state index in [4.69, 9.17) is 4.42 Å². The van der Waals surface area contributed by atoms with E-state index in [1.54, 1.807) is 0 Å². The molecular formula is C26H23NO2. The summed E-state index contributed by atoms with van der Waals surface area (Å²) in [6.07, 6.45) is 0.782. The summed E-state index contributed by atoms with van der Waals surface area (Å²) in [5, 5.41) is 1.04. The molecule has 3 heteroatoms. The number of rotatable bonds is 2. The molecule has 29 heavy (non-hydrogen) atoms. The largest absolute Gasteiger partial charge is 0.422 e. The Labute approximate surface area is 170 Å². The Bertz CT molecular complexity index is 1230. The number of fused-ring (bicyclic) bond motifs is 3. The number of benzene rings is 3. The third-order valence-corrected chi connectivity index (χ3v) is 6.08. The van der Waals surface area contributed by atoms with Gasteiger partial charge in [0.25, 0.3) is 0 Å². The van der Waals surface area contributed by atoms with Crippen LogP contribution in [-0.4, -0.2) is 11.9 Å². The number of hydrogen-bond donors (Lipinski definition) is 0. The molecule has 0 aliphatic carbocycles. The van der Waals surface area contributed by atoms with Crippen LogP contribution in [0.2, 0.25) is 0 Å². The van der Waals surface area contributed by atoms with Gasteiger partial charge in [-0.05, 0) is 48.7 Å². The SMILES string of the molecule is Cc1ccc2c3c(c(=O)oc2c1)C(c1ccccc1)N(C)C(c1ccccc1)C3. The first kappa shape index (κ1) is 17.9. The first-order valence-corrected chi connectivity index (χ1v) is 10.0. The molecule has 0 fully saturated rings. The maximum Gasteiger partial charge on any atom is 0.341 e. The Balaban J connectivity index is 1.80. The Kier molecular flexibility index (Phi) is 4.33. The Hall–Kier alpha value is -3.17. The van der Waals surface area contributed by atoms with Gasteiger partial charge in [-0.1, -0.05) is 72.8 Å². The van der Waals surface area contributed by atoms with E-state index in [0.29, 0.717) is 5.58 Å². The average Bonchev–Trinajstić information content (AvgIpc) is 2.74. The van der Waals surface area contributed by atoms with Crippen LogP contribution in [0.5, 0.6) is 0 Å². The summed E-state index contributed by atoms with van der Waals surface area (Å²) >= 11 is 0. The summed E-state index contributed by atoms with van der Waals surface area (Å²) in [7, 11) is 2.11. The molecular weight excluding hydrogens is 358 g/mol. The van der Waals surface area contributed by atoms with E-state index >= 15 is 0 Å². The van der Waals surface area contributed by atoms with Gasteiger partial charge >= 0.3 is 5.63 Å². The average molecular weight is 381 g/mol. The van der Waals surface area contributed by atoms with Gasteiger partial charge in [-0.25, -0.2) is 4.79 Å². The van der Waals surface area contributed by atoms with Crippen molar-refractivity contribution < 1.29 is 4.42 Å². The number of hydrogen-bond acceptors (Lipinski definition) is 3. The van der Waals surface area contributed by atoms with Crippen molar-refractivity contribution in [3.63, 3.8) is 0 Å². The molecule has 3 aromatic carbocycles. The second kappa shape index (κ2) is 7.02. The molecule has 5 rings (SSSR count). The van der Waals surface area contributed by atoms with E-state index in [2.05, 4.69) is 60.5 Å². The van der Waals surface area contributed by atoms with Gasteiger partial charge in [-0.2, -0.15) is 0 Å². The van der Waals surface area contributed by atoms with E-state index < -0.39 is 0 Å². The highest BCUT2D eigenvalue weighted by Crippen LogP contribution is 2.43. The van der Waals surface area contributed by atoms with Crippen LogP contribution in [-0.2, 0) is 6.42 Å². The second-order valence-corrected chi connectivity index (χ2v) is 7.89. The van der Waals surface area contributed by atoms with Crippen LogP contribution in [0.4, 0.5) is 0 Å². The van der Waals surface area contributed by atoms with Crippen molar-refractivity contribution in [2.75, 3.05) is 7.05 Å².